The highest BCUT2D eigenvalue weighted by Gasteiger charge is 2.07. The van der Waals surface area contributed by atoms with Crippen LogP contribution in [0.5, 0.6) is 0 Å². The Morgan fingerprint density at radius 1 is 0.826 bits per heavy atom. The summed E-state index contributed by atoms with van der Waals surface area (Å²) >= 11 is 0. The minimum absolute atomic E-state index is 0.0288. The summed E-state index contributed by atoms with van der Waals surface area (Å²) in [5.74, 6) is 0. The van der Waals surface area contributed by atoms with Gasteiger partial charge in [-0.3, -0.25) is 0 Å². The minimum Gasteiger partial charge on any atom is -0.397 e. The van der Waals surface area contributed by atoms with E-state index >= 15 is 0 Å². The number of nitrogens with zero attached hydrogens (tertiary/aromatic N) is 2. The molecule has 0 saturated carbocycles. The Morgan fingerprint density at radius 3 is 2.22 bits per heavy atom. The van der Waals surface area contributed by atoms with E-state index in [1.165, 1.54) is 24.3 Å². The summed E-state index contributed by atoms with van der Waals surface area (Å²) in [5.41, 5.74) is 7.59. The molecule has 0 amide bonds. The van der Waals surface area contributed by atoms with Gasteiger partial charge < -0.3 is 5.73 Å². The van der Waals surface area contributed by atoms with Crippen molar-refractivity contribution in [2.24, 2.45) is 15.4 Å². The van der Waals surface area contributed by atoms with Gasteiger partial charge in [-0.1, -0.05) is 30.3 Å². The van der Waals surface area contributed by atoms with Crippen molar-refractivity contribution >= 4 is 37.9 Å². The Kier molecular flexibility index (Phi) is 3.81. The molecule has 4 N–H and O–H groups in total. The van der Waals surface area contributed by atoms with Crippen LogP contribution in [0, 0.1) is 0 Å². The lowest BCUT2D eigenvalue weighted by molar-refractivity contribution is 0.598. The number of nitrogens with two attached hydrogens (primary N) is 2. The van der Waals surface area contributed by atoms with Crippen LogP contribution in [-0.2, 0) is 10.0 Å². The second-order valence-corrected chi connectivity index (χ2v) is 6.52. The fourth-order valence-corrected chi connectivity index (χ4v) is 2.71. The smallest absolute Gasteiger partial charge is 0.238 e. The highest BCUT2D eigenvalue weighted by Crippen LogP contribution is 2.33. The maximum atomic E-state index is 11.2. The molecule has 116 valence electrons. The molecule has 0 fully saturated rings. The van der Waals surface area contributed by atoms with E-state index in [2.05, 4.69) is 10.2 Å². The van der Waals surface area contributed by atoms with Crippen molar-refractivity contribution in [2.75, 3.05) is 5.73 Å². The summed E-state index contributed by atoms with van der Waals surface area (Å²) in [6.07, 6.45) is 0. The number of nitrogen functional groups attached to an aromatic ring is 1. The van der Waals surface area contributed by atoms with Crippen molar-refractivity contribution in [3.8, 4) is 0 Å². The lowest BCUT2D eigenvalue weighted by atomic mass is 10.1. The third kappa shape index (κ3) is 3.20. The van der Waals surface area contributed by atoms with Gasteiger partial charge >= 0.3 is 0 Å². The molecule has 0 aliphatic carbocycles. The number of anilines is 1. The van der Waals surface area contributed by atoms with Crippen LogP contribution >= 0.6 is 0 Å². The quantitative estimate of drug-likeness (QED) is 0.567. The Balaban J connectivity index is 1.99. The fraction of sp³-hybridized carbons (Fsp3) is 0. The summed E-state index contributed by atoms with van der Waals surface area (Å²) in [6, 6.07) is 17.3. The van der Waals surface area contributed by atoms with E-state index in [4.69, 9.17) is 10.9 Å². The Bertz CT molecular complexity index is 996. The molecular formula is C16H14N4O2S. The van der Waals surface area contributed by atoms with Crippen LogP contribution in [0.25, 0.3) is 10.8 Å². The van der Waals surface area contributed by atoms with E-state index in [0.29, 0.717) is 17.1 Å². The fourth-order valence-electron chi connectivity index (χ4n) is 2.19. The highest BCUT2D eigenvalue weighted by molar-refractivity contribution is 7.89. The number of sulfonamides is 1. The number of primary sulfonamides is 1. The van der Waals surface area contributed by atoms with E-state index in [-0.39, 0.29) is 4.90 Å². The zero-order valence-electron chi connectivity index (χ0n) is 12.0. The standard InChI is InChI=1S/C16H14N4O2S/c17-15-10-5-11-3-1-2-4-14(11)16(15)20-19-12-6-8-13(9-7-12)23(18,21)22/h1-10H,17H2,(H2,18,21,22). The van der Waals surface area contributed by atoms with E-state index in [1.807, 2.05) is 30.3 Å². The first-order valence-electron chi connectivity index (χ1n) is 6.77. The van der Waals surface area contributed by atoms with Gasteiger partial charge in [-0.15, -0.1) is 5.11 Å². The molecule has 0 aliphatic rings. The molecule has 0 saturated heterocycles. The van der Waals surface area contributed by atoms with Gasteiger partial charge in [-0.2, -0.15) is 5.11 Å². The second-order valence-electron chi connectivity index (χ2n) is 4.96. The van der Waals surface area contributed by atoms with E-state index in [1.54, 1.807) is 6.07 Å². The Morgan fingerprint density at radius 2 is 1.52 bits per heavy atom. The summed E-state index contributed by atoms with van der Waals surface area (Å²) in [5, 5.41) is 15.3. The molecule has 0 aliphatic heterocycles. The Labute approximate surface area is 133 Å². The SMILES string of the molecule is Nc1ccc2ccccc2c1N=Nc1ccc(S(N)(=O)=O)cc1. The molecule has 0 unspecified atom stereocenters. The van der Waals surface area contributed by atoms with Crippen LogP contribution in [0.15, 0.2) is 75.8 Å². The molecule has 3 aromatic rings. The van der Waals surface area contributed by atoms with Crippen LogP contribution in [-0.4, -0.2) is 8.42 Å². The van der Waals surface area contributed by atoms with Crippen LogP contribution < -0.4 is 10.9 Å². The molecule has 23 heavy (non-hydrogen) atoms. The van der Waals surface area contributed by atoms with Crippen molar-refractivity contribution in [1.29, 1.82) is 0 Å². The van der Waals surface area contributed by atoms with Crippen LogP contribution in [0.3, 0.4) is 0 Å². The molecular weight excluding hydrogens is 312 g/mol. The van der Waals surface area contributed by atoms with Gasteiger partial charge in [0.2, 0.25) is 10.0 Å². The second kappa shape index (κ2) is 5.79. The van der Waals surface area contributed by atoms with E-state index < -0.39 is 10.0 Å². The van der Waals surface area contributed by atoms with Gasteiger partial charge in [0.05, 0.1) is 16.3 Å². The number of hydrogen-bond donors (Lipinski definition) is 2. The minimum atomic E-state index is -3.71. The first-order valence-corrected chi connectivity index (χ1v) is 8.31. The molecule has 0 atom stereocenters. The molecule has 3 aromatic carbocycles. The molecule has 3 rings (SSSR count). The summed E-state index contributed by atoms with van der Waals surface area (Å²) in [7, 11) is -3.71. The van der Waals surface area contributed by atoms with Gasteiger partial charge in [0.15, 0.2) is 0 Å². The third-order valence-corrected chi connectivity index (χ3v) is 4.29. The van der Waals surface area contributed by atoms with Gasteiger partial charge in [0.1, 0.15) is 5.69 Å². The van der Waals surface area contributed by atoms with Crippen LogP contribution in [0.1, 0.15) is 0 Å². The van der Waals surface area contributed by atoms with Crippen LogP contribution in [0.2, 0.25) is 0 Å². The topological polar surface area (TPSA) is 111 Å². The molecule has 7 heteroatoms. The summed E-state index contributed by atoms with van der Waals surface area (Å²) in [4.78, 5) is 0.0288. The lowest BCUT2D eigenvalue weighted by Gasteiger charge is -2.04. The predicted molar refractivity (Wildman–Crippen MR) is 90.4 cm³/mol. The third-order valence-electron chi connectivity index (χ3n) is 3.36. The van der Waals surface area contributed by atoms with Crippen molar-refractivity contribution < 1.29 is 8.42 Å². The normalized spacial score (nSPS) is 12.0. The van der Waals surface area contributed by atoms with Gasteiger partial charge in [-0.05, 0) is 35.7 Å². The molecule has 0 aromatic heterocycles. The first-order chi connectivity index (χ1) is 10.9. The average Bonchev–Trinajstić information content (AvgIpc) is 2.53. The van der Waals surface area contributed by atoms with Crippen molar-refractivity contribution in [2.45, 2.75) is 4.90 Å². The molecule has 0 bridgehead atoms. The maximum Gasteiger partial charge on any atom is 0.238 e. The van der Waals surface area contributed by atoms with Crippen molar-refractivity contribution in [1.82, 2.24) is 0 Å². The molecule has 0 heterocycles. The number of fused-ring (bicyclic) bond motifs is 1. The largest absolute Gasteiger partial charge is 0.397 e. The number of benzene rings is 3. The number of rotatable bonds is 3. The van der Waals surface area contributed by atoms with Gasteiger partial charge in [-0.25, -0.2) is 13.6 Å². The summed E-state index contributed by atoms with van der Waals surface area (Å²) in [6.45, 7) is 0. The molecule has 0 radical (unpaired) electrons. The summed E-state index contributed by atoms with van der Waals surface area (Å²) < 4.78 is 22.4. The molecule has 6 nitrogen and oxygen atoms in total. The molecule has 0 spiro atoms. The average molecular weight is 326 g/mol. The number of hydrogen-bond acceptors (Lipinski definition) is 5. The first kappa shape index (κ1) is 15.1. The predicted octanol–water partition coefficient (Wildman–Crippen LogP) is 3.48. The van der Waals surface area contributed by atoms with Gasteiger partial charge in [0.25, 0.3) is 0 Å². The zero-order chi connectivity index (χ0) is 16.4. The monoisotopic (exact) mass is 326 g/mol. The van der Waals surface area contributed by atoms with E-state index in [0.717, 1.165) is 10.8 Å². The van der Waals surface area contributed by atoms with Gasteiger partial charge in [0, 0.05) is 5.39 Å². The van der Waals surface area contributed by atoms with E-state index in [9.17, 15) is 8.42 Å². The maximum absolute atomic E-state index is 11.2. The highest BCUT2D eigenvalue weighted by atomic mass is 32.2. The lowest BCUT2D eigenvalue weighted by Crippen LogP contribution is -2.11. The Hall–Kier alpha value is -2.77. The number of azo groups is 1. The van der Waals surface area contributed by atoms with Crippen molar-refractivity contribution in [3.63, 3.8) is 0 Å². The van der Waals surface area contributed by atoms with Crippen molar-refractivity contribution in [3.05, 3.63) is 60.7 Å². The van der Waals surface area contributed by atoms with Crippen LogP contribution in [0.4, 0.5) is 17.1 Å². The zero-order valence-corrected chi connectivity index (χ0v) is 12.9.